The number of carbonyl (C=O) groups is 1. The third-order valence-electron chi connectivity index (χ3n) is 4.36. The van der Waals surface area contributed by atoms with E-state index in [1.54, 1.807) is 0 Å². The molecule has 0 aromatic carbocycles. The molecule has 0 radical (unpaired) electrons. The second-order valence-electron chi connectivity index (χ2n) is 7.62. The minimum atomic E-state index is -0.434. The van der Waals surface area contributed by atoms with Gasteiger partial charge in [0.2, 0.25) is 0 Å². The van der Waals surface area contributed by atoms with Crippen LogP contribution in [-0.4, -0.2) is 42.5 Å². The molecule has 2 saturated carbocycles. The molecule has 0 heterocycles. The normalized spacial score (nSPS) is 32.2. The summed E-state index contributed by atoms with van der Waals surface area (Å²) in [6.07, 6.45) is 6.78. The third kappa shape index (κ3) is 5.76. The Balaban J connectivity index is 1.67. The van der Waals surface area contributed by atoms with E-state index in [1.165, 1.54) is 6.42 Å². The Morgan fingerprint density at radius 1 is 1.09 bits per heavy atom. The zero-order chi connectivity index (χ0) is 16.2. The molecule has 0 aliphatic heterocycles. The Bertz CT molecular complexity index is 361. The van der Waals surface area contributed by atoms with E-state index < -0.39 is 5.60 Å². The van der Waals surface area contributed by atoms with Crippen LogP contribution in [0, 0.1) is 0 Å². The standard InChI is InChI=1S/C17H32N2O3/c1-5-21-15-10-14(11-15)18-12-7-6-8-13(9-12)19-16(20)22-17(2,3)4/h12-15,18H,5-11H2,1-4H3,(H,19,20). The maximum Gasteiger partial charge on any atom is 0.407 e. The van der Waals surface area contributed by atoms with Crippen molar-refractivity contribution in [1.29, 1.82) is 0 Å². The zero-order valence-corrected chi connectivity index (χ0v) is 14.5. The molecular weight excluding hydrogens is 280 g/mol. The van der Waals surface area contributed by atoms with E-state index in [-0.39, 0.29) is 12.1 Å². The number of nitrogens with one attached hydrogen (secondary N) is 2. The lowest BCUT2D eigenvalue weighted by molar-refractivity contribution is -0.0137. The minimum Gasteiger partial charge on any atom is -0.444 e. The second kappa shape index (κ2) is 7.64. The lowest BCUT2D eigenvalue weighted by Gasteiger charge is -2.40. The highest BCUT2D eigenvalue weighted by atomic mass is 16.6. The fourth-order valence-electron chi connectivity index (χ4n) is 3.35. The van der Waals surface area contributed by atoms with Gasteiger partial charge in [0, 0.05) is 24.7 Å². The summed E-state index contributed by atoms with van der Waals surface area (Å²) in [4.78, 5) is 11.9. The molecule has 0 aromatic rings. The number of ether oxygens (including phenoxy) is 2. The van der Waals surface area contributed by atoms with Crippen LogP contribution in [0.1, 0.15) is 66.2 Å². The van der Waals surface area contributed by atoms with Crippen LogP contribution in [-0.2, 0) is 9.47 Å². The summed E-state index contributed by atoms with van der Waals surface area (Å²) in [5, 5.41) is 6.74. The van der Waals surface area contributed by atoms with E-state index in [4.69, 9.17) is 9.47 Å². The van der Waals surface area contributed by atoms with E-state index in [0.717, 1.165) is 38.7 Å². The molecule has 2 N–H and O–H groups in total. The number of carbonyl (C=O) groups excluding carboxylic acids is 1. The van der Waals surface area contributed by atoms with Gasteiger partial charge in [0.1, 0.15) is 5.60 Å². The van der Waals surface area contributed by atoms with E-state index in [9.17, 15) is 4.79 Å². The summed E-state index contributed by atoms with van der Waals surface area (Å²) in [5.41, 5.74) is -0.434. The highest BCUT2D eigenvalue weighted by molar-refractivity contribution is 5.68. The number of rotatable bonds is 5. The van der Waals surface area contributed by atoms with Crippen LogP contribution >= 0.6 is 0 Å². The average molecular weight is 312 g/mol. The first-order chi connectivity index (χ1) is 10.4. The van der Waals surface area contributed by atoms with Crippen LogP contribution in [0.15, 0.2) is 0 Å². The van der Waals surface area contributed by atoms with Crippen molar-refractivity contribution < 1.29 is 14.3 Å². The molecule has 5 heteroatoms. The first-order valence-electron chi connectivity index (χ1n) is 8.73. The molecule has 128 valence electrons. The van der Waals surface area contributed by atoms with Crippen molar-refractivity contribution in [3.05, 3.63) is 0 Å². The van der Waals surface area contributed by atoms with Gasteiger partial charge in [0.25, 0.3) is 0 Å². The van der Waals surface area contributed by atoms with Crippen molar-refractivity contribution in [3.63, 3.8) is 0 Å². The van der Waals surface area contributed by atoms with Gasteiger partial charge in [0.15, 0.2) is 0 Å². The van der Waals surface area contributed by atoms with Crippen molar-refractivity contribution in [2.75, 3.05) is 6.61 Å². The molecule has 0 spiro atoms. The van der Waals surface area contributed by atoms with Crippen LogP contribution < -0.4 is 10.6 Å². The highest BCUT2D eigenvalue weighted by Gasteiger charge is 2.33. The van der Waals surface area contributed by atoms with Crippen LogP contribution in [0.5, 0.6) is 0 Å². The lowest BCUT2D eigenvalue weighted by atomic mass is 9.85. The Morgan fingerprint density at radius 2 is 1.77 bits per heavy atom. The summed E-state index contributed by atoms with van der Waals surface area (Å²) in [7, 11) is 0. The molecule has 0 saturated heterocycles. The quantitative estimate of drug-likeness (QED) is 0.819. The van der Waals surface area contributed by atoms with Crippen molar-refractivity contribution >= 4 is 6.09 Å². The van der Waals surface area contributed by atoms with Gasteiger partial charge >= 0.3 is 6.09 Å². The second-order valence-corrected chi connectivity index (χ2v) is 7.62. The van der Waals surface area contributed by atoms with Crippen LogP contribution in [0.25, 0.3) is 0 Å². The smallest absolute Gasteiger partial charge is 0.407 e. The largest absolute Gasteiger partial charge is 0.444 e. The molecule has 5 nitrogen and oxygen atoms in total. The van der Waals surface area contributed by atoms with Crippen molar-refractivity contribution in [1.82, 2.24) is 10.6 Å². The molecular formula is C17H32N2O3. The van der Waals surface area contributed by atoms with Crippen LogP contribution in [0.3, 0.4) is 0 Å². The van der Waals surface area contributed by atoms with Crippen LogP contribution in [0.4, 0.5) is 4.79 Å². The predicted molar refractivity (Wildman–Crippen MR) is 87.0 cm³/mol. The SMILES string of the molecule is CCOC1CC(NC2CCCC(NC(=O)OC(C)(C)C)C2)C1. The first-order valence-corrected chi connectivity index (χ1v) is 8.73. The third-order valence-corrected chi connectivity index (χ3v) is 4.36. The fraction of sp³-hybridized carbons (Fsp3) is 0.941. The monoisotopic (exact) mass is 312 g/mol. The van der Waals surface area contributed by atoms with Crippen LogP contribution in [0.2, 0.25) is 0 Å². The molecule has 0 aromatic heterocycles. The molecule has 0 bridgehead atoms. The summed E-state index contributed by atoms with van der Waals surface area (Å²) < 4.78 is 10.9. The Kier molecular flexibility index (Phi) is 6.09. The molecule has 2 atom stereocenters. The highest BCUT2D eigenvalue weighted by Crippen LogP contribution is 2.27. The van der Waals surface area contributed by atoms with E-state index in [1.807, 2.05) is 20.8 Å². The topological polar surface area (TPSA) is 59.6 Å². The molecule has 2 fully saturated rings. The predicted octanol–water partition coefficient (Wildman–Crippen LogP) is 2.98. The summed E-state index contributed by atoms with van der Waals surface area (Å²) in [5.74, 6) is 0. The van der Waals surface area contributed by atoms with Gasteiger partial charge in [-0.3, -0.25) is 0 Å². The maximum absolute atomic E-state index is 11.9. The van der Waals surface area contributed by atoms with Gasteiger partial charge in [-0.25, -0.2) is 4.79 Å². The van der Waals surface area contributed by atoms with E-state index in [0.29, 0.717) is 18.2 Å². The van der Waals surface area contributed by atoms with E-state index in [2.05, 4.69) is 17.6 Å². The van der Waals surface area contributed by atoms with E-state index >= 15 is 0 Å². The molecule has 2 aliphatic rings. The minimum absolute atomic E-state index is 0.226. The molecule has 22 heavy (non-hydrogen) atoms. The summed E-state index contributed by atoms with van der Waals surface area (Å²) >= 11 is 0. The molecule has 2 rings (SSSR count). The lowest BCUT2D eigenvalue weighted by Crippen LogP contribution is -2.52. The van der Waals surface area contributed by atoms with Gasteiger partial charge in [-0.05, 0) is 66.2 Å². The zero-order valence-electron chi connectivity index (χ0n) is 14.5. The Morgan fingerprint density at radius 3 is 2.41 bits per heavy atom. The first kappa shape index (κ1) is 17.5. The van der Waals surface area contributed by atoms with Crippen molar-refractivity contribution in [2.45, 2.75) is 96.1 Å². The summed E-state index contributed by atoms with van der Waals surface area (Å²) in [6, 6.07) is 1.31. The molecule has 1 amide bonds. The number of hydrogen-bond acceptors (Lipinski definition) is 4. The van der Waals surface area contributed by atoms with Crippen molar-refractivity contribution in [3.8, 4) is 0 Å². The van der Waals surface area contributed by atoms with Gasteiger partial charge in [-0.1, -0.05) is 0 Å². The Labute approximate surface area is 134 Å². The Hall–Kier alpha value is -0.810. The summed E-state index contributed by atoms with van der Waals surface area (Å²) in [6.45, 7) is 8.53. The molecule has 2 unspecified atom stereocenters. The fourth-order valence-corrected chi connectivity index (χ4v) is 3.35. The van der Waals surface area contributed by atoms with Gasteiger partial charge in [0.05, 0.1) is 6.10 Å². The molecule has 2 aliphatic carbocycles. The average Bonchev–Trinajstić information content (AvgIpc) is 2.34. The maximum atomic E-state index is 11.9. The number of alkyl carbamates (subject to hydrolysis) is 1. The van der Waals surface area contributed by atoms with Gasteiger partial charge < -0.3 is 20.1 Å². The van der Waals surface area contributed by atoms with Gasteiger partial charge in [-0.2, -0.15) is 0 Å². The van der Waals surface area contributed by atoms with Crippen molar-refractivity contribution in [2.24, 2.45) is 0 Å². The number of hydrogen-bond donors (Lipinski definition) is 2. The number of amides is 1. The van der Waals surface area contributed by atoms with Gasteiger partial charge in [-0.15, -0.1) is 0 Å².